The Bertz CT molecular complexity index is 326. The molecule has 0 aromatic rings. The molecule has 1 aliphatic heterocycles. The fourth-order valence-corrected chi connectivity index (χ4v) is 1.73. The summed E-state index contributed by atoms with van der Waals surface area (Å²) in [4.78, 5) is 22.1. The van der Waals surface area contributed by atoms with Crippen LogP contribution in [0.5, 0.6) is 0 Å². The second-order valence-corrected chi connectivity index (χ2v) is 3.35. The molecule has 1 heterocycles. The molecule has 0 bridgehead atoms. The summed E-state index contributed by atoms with van der Waals surface area (Å²) in [5, 5.41) is 2.25. The zero-order valence-electron chi connectivity index (χ0n) is 7.30. The van der Waals surface area contributed by atoms with Crippen LogP contribution >= 0.6 is 0 Å². The monoisotopic (exact) mass is 177 g/mol. The zero-order chi connectivity index (χ0) is 9.26. The van der Waals surface area contributed by atoms with Crippen molar-refractivity contribution in [3.63, 3.8) is 0 Å². The smallest absolute Gasteiger partial charge is 0.258 e. The van der Waals surface area contributed by atoms with Gasteiger partial charge in [0.1, 0.15) is 0 Å². The topological polar surface area (TPSA) is 46.2 Å². The van der Waals surface area contributed by atoms with E-state index in [4.69, 9.17) is 0 Å². The Labute approximate surface area is 76.5 Å². The van der Waals surface area contributed by atoms with Crippen LogP contribution < -0.4 is 5.32 Å². The van der Waals surface area contributed by atoms with Gasteiger partial charge in [-0.3, -0.25) is 14.9 Å². The van der Waals surface area contributed by atoms with Gasteiger partial charge in [0.2, 0.25) is 0 Å². The summed E-state index contributed by atoms with van der Waals surface area (Å²) in [6.45, 7) is 0. The lowest BCUT2D eigenvalue weighted by Gasteiger charge is -2.11. The Morgan fingerprint density at radius 2 is 2.08 bits per heavy atom. The highest BCUT2D eigenvalue weighted by atomic mass is 16.2. The van der Waals surface area contributed by atoms with Crippen molar-refractivity contribution in [2.45, 2.75) is 25.7 Å². The van der Waals surface area contributed by atoms with Gasteiger partial charge in [-0.1, -0.05) is 6.08 Å². The van der Waals surface area contributed by atoms with Gasteiger partial charge >= 0.3 is 0 Å². The summed E-state index contributed by atoms with van der Waals surface area (Å²) in [7, 11) is 0. The van der Waals surface area contributed by atoms with Crippen LogP contribution in [0, 0.1) is 0 Å². The standard InChI is InChI=1S/C10H11NO2/c12-9-6-8(10(13)11-9)7-4-2-1-3-5-7/h4,6H,1-3,5H2,(H,11,12,13). The normalized spacial score (nSPS) is 22.5. The molecule has 3 heteroatoms. The Kier molecular flexibility index (Phi) is 2.00. The summed E-state index contributed by atoms with van der Waals surface area (Å²) in [6, 6.07) is 0. The van der Waals surface area contributed by atoms with Crippen LogP contribution in [0.2, 0.25) is 0 Å². The molecule has 0 fully saturated rings. The van der Waals surface area contributed by atoms with Crippen LogP contribution in [0.15, 0.2) is 23.3 Å². The largest absolute Gasteiger partial charge is 0.289 e. The van der Waals surface area contributed by atoms with Crippen molar-refractivity contribution in [1.82, 2.24) is 5.32 Å². The lowest BCUT2D eigenvalue weighted by atomic mass is 9.94. The molecule has 2 amide bonds. The van der Waals surface area contributed by atoms with Gasteiger partial charge in [-0.15, -0.1) is 0 Å². The van der Waals surface area contributed by atoms with Crippen LogP contribution in [0.25, 0.3) is 0 Å². The van der Waals surface area contributed by atoms with Crippen molar-refractivity contribution in [2.24, 2.45) is 0 Å². The van der Waals surface area contributed by atoms with E-state index in [9.17, 15) is 9.59 Å². The van der Waals surface area contributed by atoms with Gasteiger partial charge in [-0.2, -0.15) is 0 Å². The molecule has 13 heavy (non-hydrogen) atoms. The predicted octanol–water partition coefficient (Wildman–Crippen LogP) is 1.07. The molecular formula is C10H11NO2. The molecule has 0 spiro atoms. The molecule has 1 aliphatic carbocycles. The lowest BCUT2D eigenvalue weighted by molar-refractivity contribution is -0.123. The van der Waals surface area contributed by atoms with Gasteiger partial charge in [-0.25, -0.2) is 0 Å². The van der Waals surface area contributed by atoms with E-state index in [0.29, 0.717) is 5.57 Å². The molecular weight excluding hydrogens is 166 g/mol. The molecule has 0 saturated carbocycles. The third-order valence-corrected chi connectivity index (χ3v) is 2.39. The Morgan fingerprint density at radius 3 is 2.62 bits per heavy atom. The predicted molar refractivity (Wildman–Crippen MR) is 47.8 cm³/mol. The first-order valence-electron chi connectivity index (χ1n) is 4.54. The number of nitrogens with one attached hydrogen (secondary N) is 1. The number of hydrogen-bond acceptors (Lipinski definition) is 2. The van der Waals surface area contributed by atoms with Crippen molar-refractivity contribution in [1.29, 1.82) is 0 Å². The van der Waals surface area contributed by atoms with E-state index in [0.717, 1.165) is 24.8 Å². The first-order chi connectivity index (χ1) is 6.27. The molecule has 0 atom stereocenters. The number of rotatable bonds is 1. The lowest BCUT2D eigenvalue weighted by Crippen LogP contribution is -2.22. The highest BCUT2D eigenvalue weighted by Gasteiger charge is 2.23. The first kappa shape index (κ1) is 8.23. The van der Waals surface area contributed by atoms with Gasteiger partial charge in [0, 0.05) is 11.6 Å². The summed E-state index contributed by atoms with van der Waals surface area (Å²) in [5.41, 5.74) is 1.61. The SMILES string of the molecule is O=C1C=C(C2=CCCCC2)C(=O)N1. The maximum atomic E-state index is 11.2. The van der Waals surface area contributed by atoms with E-state index >= 15 is 0 Å². The van der Waals surface area contributed by atoms with Crippen LogP contribution in [-0.2, 0) is 9.59 Å². The average Bonchev–Trinajstić information content (AvgIpc) is 2.47. The minimum atomic E-state index is -0.286. The van der Waals surface area contributed by atoms with Crippen LogP contribution in [-0.4, -0.2) is 11.8 Å². The number of carbonyl (C=O) groups is 2. The highest BCUT2D eigenvalue weighted by molar-refractivity contribution is 6.18. The minimum absolute atomic E-state index is 0.238. The molecule has 68 valence electrons. The molecule has 0 aromatic heterocycles. The Morgan fingerprint density at radius 1 is 1.23 bits per heavy atom. The van der Waals surface area contributed by atoms with Crippen molar-refractivity contribution < 1.29 is 9.59 Å². The molecule has 0 saturated heterocycles. The maximum Gasteiger partial charge on any atom is 0.258 e. The van der Waals surface area contributed by atoms with Gasteiger partial charge in [0.15, 0.2) is 0 Å². The second kappa shape index (κ2) is 3.17. The van der Waals surface area contributed by atoms with E-state index in [2.05, 4.69) is 11.4 Å². The molecule has 2 rings (SSSR count). The number of hydrogen-bond donors (Lipinski definition) is 1. The van der Waals surface area contributed by atoms with Crippen molar-refractivity contribution in [3.05, 3.63) is 23.3 Å². The fourth-order valence-electron chi connectivity index (χ4n) is 1.73. The van der Waals surface area contributed by atoms with E-state index < -0.39 is 0 Å². The van der Waals surface area contributed by atoms with Gasteiger partial charge in [0.05, 0.1) is 0 Å². The summed E-state index contributed by atoms with van der Waals surface area (Å²) < 4.78 is 0. The van der Waals surface area contributed by atoms with Crippen molar-refractivity contribution >= 4 is 11.8 Å². The quantitative estimate of drug-likeness (QED) is 0.609. The summed E-state index contributed by atoms with van der Waals surface area (Å²) in [5.74, 6) is -0.523. The highest BCUT2D eigenvalue weighted by Crippen LogP contribution is 2.25. The summed E-state index contributed by atoms with van der Waals surface area (Å²) >= 11 is 0. The molecule has 2 aliphatic rings. The average molecular weight is 177 g/mol. The number of allylic oxidation sites excluding steroid dienone is 1. The molecule has 1 N–H and O–H groups in total. The van der Waals surface area contributed by atoms with Crippen LogP contribution in [0.3, 0.4) is 0 Å². The number of carbonyl (C=O) groups excluding carboxylic acids is 2. The Hall–Kier alpha value is -1.38. The van der Waals surface area contributed by atoms with Crippen LogP contribution in [0.1, 0.15) is 25.7 Å². The van der Waals surface area contributed by atoms with E-state index in [1.807, 2.05) is 0 Å². The van der Waals surface area contributed by atoms with Gasteiger partial charge in [0.25, 0.3) is 11.8 Å². The minimum Gasteiger partial charge on any atom is -0.289 e. The molecule has 0 radical (unpaired) electrons. The molecule has 0 unspecified atom stereocenters. The van der Waals surface area contributed by atoms with E-state index in [1.54, 1.807) is 0 Å². The first-order valence-corrected chi connectivity index (χ1v) is 4.54. The second-order valence-electron chi connectivity index (χ2n) is 3.35. The molecule has 3 nitrogen and oxygen atoms in total. The Balaban J connectivity index is 2.25. The zero-order valence-corrected chi connectivity index (χ0v) is 7.30. The van der Waals surface area contributed by atoms with E-state index in [1.165, 1.54) is 12.5 Å². The van der Waals surface area contributed by atoms with E-state index in [-0.39, 0.29) is 11.8 Å². The number of imide groups is 1. The van der Waals surface area contributed by atoms with Gasteiger partial charge in [-0.05, 0) is 31.3 Å². The van der Waals surface area contributed by atoms with Crippen molar-refractivity contribution in [3.8, 4) is 0 Å². The van der Waals surface area contributed by atoms with Crippen molar-refractivity contribution in [2.75, 3.05) is 0 Å². The maximum absolute atomic E-state index is 11.2. The number of amides is 2. The van der Waals surface area contributed by atoms with Crippen LogP contribution in [0.4, 0.5) is 0 Å². The fraction of sp³-hybridized carbons (Fsp3) is 0.400. The third-order valence-electron chi connectivity index (χ3n) is 2.39. The third kappa shape index (κ3) is 1.54. The summed E-state index contributed by atoms with van der Waals surface area (Å²) in [6.07, 6.45) is 7.71. The van der Waals surface area contributed by atoms with Gasteiger partial charge < -0.3 is 0 Å². The molecule has 0 aromatic carbocycles.